The molecule has 0 aromatic heterocycles. The van der Waals surface area contributed by atoms with Gasteiger partial charge in [-0.15, -0.1) is 0 Å². The molecule has 2 nitrogen and oxygen atoms in total. The number of halogens is 2. The van der Waals surface area contributed by atoms with E-state index in [9.17, 15) is 9.18 Å². The van der Waals surface area contributed by atoms with Crippen LogP contribution in [0.5, 0.6) is 0 Å². The van der Waals surface area contributed by atoms with E-state index in [0.29, 0.717) is 11.6 Å². The summed E-state index contributed by atoms with van der Waals surface area (Å²) in [5.41, 5.74) is 0.983. The molecule has 120 valence electrons. The van der Waals surface area contributed by atoms with Crippen LogP contribution in [0.3, 0.4) is 0 Å². The van der Waals surface area contributed by atoms with Crippen molar-refractivity contribution in [2.24, 2.45) is 10.8 Å². The van der Waals surface area contributed by atoms with Crippen molar-refractivity contribution >= 4 is 21.8 Å². The van der Waals surface area contributed by atoms with Crippen molar-refractivity contribution in [2.75, 3.05) is 6.54 Å². The van der Waals surface area contributed by atoms with E-state index in [1.807, 2.05) is 4.90 Å². The summed E-state index contributed by atoms with van der Waals surface area (Å²) in [5.74, 6) is -0.242. The maximum absolute atomic E-state index is 13.9. The maximum Gasteiger partial charge on any atom is 0.227 e. The lowest BCUT2D eigenvalue weighted by Crippen LogP contribution is -2.38. The summed E-state index contributed by atoms with van der Waals surface area (Å²) in [6.07, 6.45) is 3.45. The van der Waals surface area contributed by atoms with Crippen LogP contribution in [0.2, 0.25) is 0 Å². The average molecular weight is 368 g/mol. The van der Waals surface area contributed by atoms with Crippen LogP contribution < -0.4 is 0 Å². The highest BCUT2D eigenvalue weighted by molar-refractivity contribution is 9.10. The molecule has 0 spiro atoms. The molecule has 1 saturated carbocycles. The summed E-state index contributed by atoms with van der Waals surface area (Å²) in [7, 11) is 0. The fraction of sp³-hybridized carbons (Fsp3) is 0.611. The van der Waals surface area contributed by atoms with Crippen molar-refractivity contribution < 1.29 is 9.18 Å². The second-order valence-electron chi connectivity index (χ2n) is 8.15. The minimum atomic E-state index is -0.301. The highest BCUT2D eigenvalue weighted by Crippen LogP contribution is 2.52. The van der Waals surface area contributed by atoms with Gasteiger partial charge in [0.2, 0.25) is 5.91 Å². The SMILES string of the molecule is CC1(C)CC2CC(C)(CN2C(=O)Cc2cc(Br)ccc2F)C1. The largest absolute Gasteiger partial charge is 0.339 e. The van der Waals surface area contributed by atoms with E-state index in [0.717, 1.165) is 30.3 Å². The van der Waals surface area contributed by atoms with Gasteiger partial charge in [-0.05, 0) is 53.9 Å². The fourth-order valence-corrected chi connectivity index (χ4v) is 5.10. The van der Waals surface area contributed by atoms with E-state index >= 15 is 0 Å². The van der Waals surface area contributed by atoms with E-state index in [-0.39, 0.29) is 29.0 Å². The molecule has 1 aliphatic heterocycles. The summed E-state index contributed by atoms with van der Waals surface area (Å²) < 4.78 is 14.7. The number of rotatable bonds is 2. The molecule has 0 radical (unpaired) electrons. The minimum Gasteiger partial charge on any atom is -0.339 e. The first-order valence-electron chi connectivity index (χ1n) is 7.91. The number of nitrogens with zero attached hydrogens (tertiary/aromatic N) is 1. The fourth-order valence-electron chi connectivity index (χ4n) is 4.69. The molecule has 1 saturated heterocycles. The molecule has 1 amide bonds. The molecule has 1 aromatic carbocycles. The number of hydrogen-bond donors (Lipinski definition) is 0. The summed E-state index contributed by atoms with van der Waals surface area (Å²) in [6.45, 7) is 7.68. The third-order valence-corrected chi connectivity index (χ3v) is 5.58. The van der Waals surface area contributed by atoms with Crippen LogP contribution in [0, 0.1) is 16.6 Å². The number of likely N-dealkylation sites (tertiary alicyclic amines) is 1. The van der Waals surface area contributed by atoms with Crippen molar-refractivity contribution in [1.82, 2.24) is 4.90 Å². The highest BCUT2D eigenvalue weighted by atomic mass is 79.9. The van der Waals surface area contributed by atoms with Crippen LogP contribution in [0.1, 0.15) is 45.6 Å². The monoisotopic (exact) mass is 367 g/mol. The van der Waals surface area contributed by atoms with E-state index in [4.69, 9.17) is 0 Å². The molecule has 2 aliphatic rings. The van der Waals surface area contributed by atoms with E-state index in [2.05, 4.69) is 36.7 Å². The van der Waals surface area contributed by atoms with Gasteiger partial charge in [-0.25, -0.2) is 4.39 Å². The molecule has 3 rings (SSSR count). The Morgan fingerprint density at radius 2 is 2.09 bits per heavy atom. The van der Waals surface area contributed by atoms with Gasteiger partial charge >= 0.3 is 0 Å². The average Bonchev–Trinajstić information content (AvgIpc) is 2.63. The molecule has 22 heavy (non-hydrogen) atoms. The van der Waals surface area contributed by atoms with Gasteiger partial charge in [-0.2, -0.15) is 0 Å². The number of hydrogen-bond acceptors (Lipinski definition) is 1. The molecular weight excluding hydrogens is 345 g/mol. The van der Waals surface area contributed by atoms with Gasteiger partial charge in [0, 0.05) is 17.1 Å². The molecule has 2 atom stereocenters. The molecule has 1 aromatic rings. The first kappa shape index (κ1) is 16.0. The third kappa shape index (κ3) is 3.08. The Hall–Kier alpha value is -0.900. The van der Waals surface area contributed by atoms with Crippen molar-refractivity contribution in [1.29, 1.82) is 0 Å². The lowest BCUT2D eigenvalue weighted by Gasteiger charge is -2.39. The van der Waals surface area contributed by atoms with Crippen LogP contribution in [0.25, 0.3) is 0 Å². The molecule has 1 aliphatic carbocycles. The number of amides is 1. The zero-order valence-electron chi connectivity index (χ0n) is 13.5. The van der Waals surface area contributed by atoms with Crippen molar-refractivity contribution in [2.45, 2.75) is 52.5 Å². The first-order chi connectivity index (χ1) is 10.2. The molecule has 0 N–H and O–H groups in total. The van der Waals surface area contributed by atoms with Gasteiger partial charge in [0.05, 0.1) is 6.42 Å². The normalized spacial score (nSPS) is 29.7. The Bertz CT molecular complexity index is 615. The molecular formula is C18H23BrFNO. The zero-order valence-corrected chi connectivity index (χ0v) is 15.0. The van der Waals surface area contributed by atoms with E-state index in [1.54, 1.807) is 12.1 Å². The number of carbonyl (C=O) groups excluding carboxylic acids is 1. The predicted molar refractivity (Wildman–Crippen MR) is 89.0 cm³/mol. The van der Waals surface area contributed by atoms with E-state index < -0.39 is 0 Å². The molecule has 4 heteroatoms. The van der Waals surface area contributed by atoms with Crippen molar-refractivity contribution in [3.63, 3.8) is 0 Å². The number of benzene rings is 1. The Morgan fingerprint density at radius 1 is 1.36 bits per heavy atom. The van der Waals surface area contributed by atoms with Crippen LogP contribution in [-0.2, 0) is 11.2 Å². The maximum atomic E-state index is 13.9. The van der Waals surface area contributed by atoms with Crippen LogP contribution in [0.15, 0.2) is 22.7 Å². The lowest BCUT2D eigenvalue weighted by molar-refractivity contribution is -0.131. The van der Waals surface area contributed by atoms with Gasteiger partial charge in [-0.1, -0.05) is 36.7 Å². The Labute approximate surface area is 140 Å². The van der Waals surface area contributed by atoms with Gasteiger partial charge in [0.1, 0.15) is 5.82 Å². The minimum absolute atomic E-state index is 0.0587. The Kier molecular flexibility index (Phi) is 3.87. The van der Waals surface area contributed by atoms with Gasteiger partial charge in [0.15, 0.2) is 0 Å². The zero-order chi connectivity index (χ0) is 16.1. The smallest absolute Gasteiger partial charge is 0.227 e. The Balaban J connectivity index is 1.78. The second-order valence-corrected chi connectivity index (χ2v) is 9.06. The van der Waals surface area contributed by atoms with Crippen LogP contribution in [-0.4, -0.2) is 23.4 Å². The van der Waals surface area contributed by atoms with Crippen LogP contribution in [0.4, 0.5) is 4.39 Å². The summed E-state index contributed by atoms with van der Waals surface area (Å²) in [4.78, 5) is 14.7. The van der Waals surface area contributed by atoms with Gasteiger partial charge < -0.3 is 4.90 Å². The second kappa shape index (κ2) is 5.33. The van der Waals surface area contributed by atoms with Crippen molar-refractivity contribution in [3.8, 4) is 0 Å². The van der Waals surface area contributed by atoms with Gasteiger partial charge in [-0.3, -0.25) is 4.79 Å². The summed E-state index contributed by atoms with van der Waals surface area (Å²) in [6, 6.07) is 5.10. The highest BCUT2D eigenvalue weighted by Gasteiger charge is 2.50. The third-order valence-electron chi connectivity index (χ3n) is 5.08. The summed E-state index contributed by atoms with van der Waals surface area (Å²) in [5, 5.41) is 0. The van der Waals surface area contributed by atoms with E-state index in [1.165, 1.54) is 6.07 Å². The van der Waals surface area contributed by atoms with Crippen molar-refractivity contribution in [3.05, 3.63) is 34.1 Å². The molecule has 2 fully saturated rings. The van der Waals surface area contributed by atoms with Gasteiger partial charge in [0.25, 0.3) is 0 Å². The predicted octanol–water partition coefficient (Wildman–Crippen LogP) is 4.56. The summed E-state index contributed by atoms with van der Waals surface area (Å²) >= 11 is 3.35. The van der Waals surface area contributed by atoms with Crippen LogP contribution >= 0.6 is 15.9 Å². The molecule has 2 unspecified atom stereocenters. The number of carbonyl (C=O) groups is 1. The topological polar surface area (TPSA) is 20.3 Å². The standard InChI is InChI=1S/C18H23BrFNO/c1-17(2)8-14-9-18(3,10-17)11-21(14)16(22)7-12-6-13(19)4-5-15(12)20/h4-6,14H,7-11H2,1-3H3. The first-order valence-corrected chi connectivity index (χ1v) is 8.70. The molecule has 1 heterocycles. The number of fused-ring (bicyclic) bond motifs is 2. The lowest BCUT2D eigenvalue weighted by atomic mass is 9.65. The Morgan fingerprint density at radius 3 is 2.82 bits per heavy atom. The molecule has 2 bridgehead atoms. The quantitative estimate of drug-likeness (QED) is 0.750.